The molecule has 0 radical (unpaired) electrons. The lowest BCUT2D eigenvalue weighted by Gasteiger charge is -2.45. The average Bonchev–Trinajstić information content (AvgIpc) is 3.52. The van der Waals surface area contributed by atoms with Crippen LogP contribution in [0.25, 0.3) is 11.1 Å². The molecule has 2 aromatic carbocycles. The second kappa shape index (κ2) is 18.3. The molecule has 1 saturated heterocycles. The van der Waals surface area contributed by atoms with Gasteiger partial charge in [0.15, 0.2) is 0 Å². The molecule has 3 unspecified atom stereocenters. The number of carbonyl (C=O) groups excluding carboxylic acids is 2. The maximum atomic E-state index is 14.2. The summed E-state index contributed by atoms with van der Waals surface area (Å²) in [7, 11) is 9.49. The van der Waals surface area contributed by atoms with E-state index in [1.807, 2.05) is 87.7 Å². The standard InChI is InChI=1S/C43H63N7O5/c1-27-28(2)43(3,4)17-16-37(27)47-42(53)39-36(26-51)38(23-44)55-50(39)24-29-13-12-15-35(40(29)54-9)30-19-31(21-34(20-30)49(7)8)41(52)46-33(25-48(5)6)22-32-14-10-11-18-45-32/h10-15,18-21,27-28,33,36-39,51H,16-17,22-26,44H2,1-9H3,(H,46,52)(H,47,53)/t27?,28-,33?,36+,37-,38?,39-/m0/s1. The molecule has 0 spiro atoms. The second-order valence-electron chi connectivity index (χ2n) is 16.7. The van der Waals surface area contributed by atoms with Crippen molar-refractivity contribution in [2.45, 2.75) is 77.7 Å². The van der Waals surface area contributed by atoms with Crippen LogP contribution in [0.15, 0.2) is 60.8 Å². The van der Waals surface area contributed by atoms with Crippen molar-refractivity contribution >= 4 is 17.5 Å². The van der Waals surface area contributed by atoms with Gasteiger partial charge in [-0.1, -0.05) is 52.0 Å². The van der Waals surface area contributed by atoms with E-state index in [1.54, 1.807) is 18.4 Å². The number of methoxy groups -OCH3 is 1. The molecule has 1 aliphatic heterocycles. The molecule has 1 aromatic heterocycles. The molecule has 12 heteroatoms. The third kappa shape index (κ3) is 9.85. The molecular formula is C43H63N7O5. The quantitative estimate of drug-likeness (QED) is 0.177. The molecule has 7 atom stereocenters. The number of likely N-dealkylation sites (N-methyl/N-ethyl adjacent to an activating group) is 1. The number of hydroxylamine groups is 2. The molecule has 0 bridgehead atoms. The molecule has 5 rings (SSSR count). The van der Waals surface area contributed by atoms with E-state index in [4.69, 9.17) is 15.3 Å². The van der Waals surface area contributed by atoms with E-state index in [1.165, 1.54) is 0 Å². The molecule has 2 amide bonds. The highest BCUT2D eigenvalue weighted by molar-refractivity contribution is 5.97. The van der Waals surface area contributed by atoms with Gasteiger partial charge < -0.3 is 36.0 Å². The molecule has 5 N–H and O–H groups in total. The molecule has 1 aliphatic carbocycles. The zero-order valence-electron chi connectivity index (χ0n) is 34.2. The number of aromatic nitrogens is 1. The van der Waals surface area contributed by atoms with Crippen molar-refractivity contribution in [3.8, 4) is 16.9 Å². The fraction of sp³-hybridized carbons (Fsp3) is 0.558. The van der Waals surface area contributed by atoms with Gasteiger partial charge in [-0.15, -0.1) is 0 Å². The molecular weight excluding hydrogens is 695 g/mol. The van der Waals surface area contributed by atoms with Gasteiger partial charge in [-0.2, -0.15) is 5.06 Å². The summed E-state index contributed by atoms with van der Waals surface area (Å²) < 4.78 is 6.10. The molecule has 2 fully saturated rings. The van der Waals surface area contributed by atoms with Gasteiger partial charge in [0, 0.05) is 85.9 Å². The number of aliphatic hydroxyl groups is 1. The predicted octanol–water partition coefficient (Wildman–Crippen LogP) is 4.35. The van der Waals surface area contributed by atoms with E-state index >= 15 is 0 Å². The number of carbonyl (C=O) groups is 2. The Morgan fingerprint density at radius 1 is 1.11 bits per heavy atom. The maximum Gasteiger partial charge on any atom is 0.251 e. The summed E-state index contributed by atoms with van der Waals surface area (Å²) >= 11 is 0. The van der Waals surface area contributed by atoms with Crippen molar-refractivity contribution in [1.29, 1.82) is 0 Å². The summed E-state index contributed by atoms with van der Waals surface area (Å²) in [5, 5.41) is 18.8. The third-order valence-corrected chi connectivity index (χ3v) is 12.0. The Hall–Kier alpha value is -4.07. The monoisotopic (exact) mass is 757 g/mol. The predicted molar refractivity (Wildman–Crippen MR) is 218 cm³/mol. The summed E-state index contributed by atoms with van der Waals surface area (Å²) in [5.41, 5.74) is 11.0. The highest BCUT2D eigenvalue weighted by atomic mass is 16.7. The number of hydrogen-bond donors (Lipinski definition) is 4. The number of nitrogens with zero attached hydrogens (tertiary/aromatic N) is 4. The normalized spacial score (nSPS) is 24.4. The Balaban J connectivity index is 1.44. The number of para-hydroxylation sites is 1. The van der Waals surface area contributed by atoms with E-state index in [9.17, 15) is 14.7 Å². The molecule has 12 nitrogen and oxygen atoms in total. The molecule has 3 aromatic rings. The first kappa shape index (κ1) is 42.1. The summed E-state index contributed by atoms with van der Waals surface area (Å²) in [6, 6.07) is 16.6. The molecule has 2 heterocycles. The fourth-order valence-electron chi connectivity index (χ4n) is 8.32. The van der Waals surface area contributed by atoms with Gasteiger partial charge in [0.1, 0.15) is 11.8 Å². The number of rotatable bonds is 15. The van der Waals surface area contributed by atoms with Crippen molar-refractivity contribution in [2.24, 2.45) is 28.9 Å². The number of hydrogen-bond acceptors (Lipinski definition) is 10. The summed E-state index contributed by atoms with van der Waals surface area (Å²) in [6.07, 6.45) is 3.75. The number of nitrogens with one attached hydrogen (secondary N) is 2. The minimum absolute atomic E-state index is 0.0232. The van der Waals surface area contributed by atoms with Crippen LogP contribution in [-0.4, -0.2) is 111 Å². The minimum Gasteiger partial charge on any atom is -0.496 e. The van der Waals surface area contributed by atoms with E-state index in [0.29, 0.717) is 36.1 Å². The van der Waals surface area contributed by atoms with Gasteiger partial charge >= 0.3 is 0 Å². The van der Waals surface area contributed by atoms with Crippen LogP contribution in [0.5, 0.6) is 5.75 Å². The molecule has 55 heavy (non-hydrogen) atoms. The summed E-state index contributed by atoms with van der Waals surface area (Å²) in [6.45, 7) is 9.86. The first-order valence-corrected chi connectivity index (χ1v) is 19.6. The van der Waals surface area contributed by atoms with Crippen LogP contribution in [0.2, 0.25) is 0 Å². The Morgan fingerprint density at radius 3 is 2.51 bits per heavy atom. The zero-order chi connectivity index (χ0) is 40.0. The molecule has 2 aliphatic rings. The first-order valence-electron chi connectivity index (χ1n) is 19.6. The van der Waals surface area contributed by atoms with E-state index < -0.39 is 18.1 Å². The number of ether oxygens (including phenoxy) is 1. The lowest BCUT2D eigenvalue weighted by molar-refractivity contribution is -0.174. The van der Waals surface area contributed by atoms with E-state index in [2.05, 4.69) is 48.2 Å². The van der Waals surface area contributed by atoms with Crippen molar-refractivity contribution in [3.05, 3.63) is 77.6 Å². The van der Waals surface area contributed by atoms with Crippen molar-refractivity contribution in [2.75, 3.05) is 59.9 Å². The number of aliphatic hydroxyl groups excluding tert-OH is 1. The number of amides is 2. The number of nitrogens with two attached hydrogens (primary N) is 1. The van der Waals surface area contributed by atoms with Gasteiger partial charge in [-0.25, -0.2) is 0 Å². The van der Waals surface area contributed by atoms with Gasteiger partial charge in [-0.05, 0) is 80.1 Å². The lowest BCUT2D eigenvalue weighted by atomic mass is 9.63. The Morgan fingerprint density at radius 2 is 1.87 bits per heavy atom. The zero-order valence-corrected chi connectivity index (χ0v) is 34.2. The van der Waals surface area contributed by atoms with Crippen LogP contribution >= 0.6 is 0 Å². The third-order valence-electron chi connectivity index (χ3n) is 12.0. The smallest absolute Gasteiger partial charge is 0.251 e. The largest absolute Gasteiger partial charge is 0.496 e. The van der Waals surface area contributed by atoms with Gasteiger partial charge in [0.05, 0.1) is 26.4 Å². The van der Waals surface area contributed by atoms with Crippen molar-refractivity contribution in [1.82, 2.24) is 25.6 Å². The number of anilines is 1. The maximum absolute atomic E-state index is 14.2. The Kier molecular flexibility index (Phi) is 14.0. The van der Waals surface area contributed by atoms with E-state index in [-0.39, 0.29) is 49.0 Å². The summed E-state index contributed by atoms with van der Waals surface area (Å²) in [4.78, 5) is 43.0. The number of benzene rings is 2. The van der Waals surface area contributed by atoms with Crippen LogP contribution in [0, 0.1) is 23.2 Å². The highest BCUT2D eigenvalue weighted by Crippen LogP contribution is 2.44. The summed E-state index contributed by atoms with van der Waals surface area (Å²) in [5.74, 6) is 0.473. The number of pyridine rings is 1. The van der Waals surface area contributed by atoms with Crippen LogP contribution in [0.4, 0.5) is 5.69 Å². The minimum atomic E-state index is -0.752. The first-order chi connectivity index (χ1) is 26.2. The topological polar surface area (TPSA) is 146 Å². The van der Waals surface area contributed by atoms with Crippen molar-refractivity contribution in [3.63, 3.8) is 0 Å². The molecule has 1 saturated carbocycles. The van der Waals surface area contributed by atoms with Gasteiger partial charge in [0.25, 0.3) is 5.91 Å². The highest BCUT2D eigenvalue weighted by Gasteiger charge is 2.48. The van der Waals surface area contributed by atoms with Crippen LogP contribution in [-0.2, 0) is 22.6 Å². The Labute approximate surface area is 327 Å². The molecule has 300 valence electrons. The fourth-order valence-corrected chi connectivity index (χ4v) is 8.32. The average molecular weight is 758 g/mol. The van der Waals surface area contributed by atoms with E-state index in [0.717, 1.165) is 40.9 Å². The lowest BCUT2D eigenvalue weighted by Crippen LogP contribution is -2.54. The van der Waals surface area contributed by atoms with Gasteiger partial charge in [-0.3, -0.25) is 19.4 Å². The van der Waals surface area contributed by atoms with Crippen molar-refractivity contribution < 1.29 is 24.3 Å². The Bertz CT molecular complexity index is 1750. The second-order valence-corrected chi connectivity index (χ2v) is 16.7. The van der Waals surface area contributed by atoms with Crippen LogP contribution in [0.1, 0.15) is 62.2 Å². The van der Waals surface area contributed by atoms with Crippen LogP contribution in [0.3, 0.4) is 0 Å². The van der Waals surface area contributed by atoms with Crippen LogP contribution < -0.4 is 26.0 Å². The SMILES string of the molecule is COc1c(CN2OC(CN)[C@@H](CO)[C@H]2C(=O)N[C@H]2CCC(C)(C)[C@@H](C)C2C)cccc1-c1cc(C(=O)NC(Cc2ccccn2)CN(C)C)cc(N(C)C)c1. The van der Waals surface area contributed by atoms with Gasteiger partial charge in [0.2, 0.25) is 5.91 Å².